The summed E-state index contributed by atoms with van der Waals surface area (Å²) in [6, 6.07) is 13.5. The standard InChI is InChI=1S/C28H33FN6O2/c1-4-26(36)31-22-6-5-7-23(17-22)32-27-19(2)18-30-28(34-27)33-24-9-8-21(16-25(24)37-3)20-10-13-35(14-11-20)15-12-29/h4-9,16-18,20H,1,10-15H2,2-3H3,(H,31,36)(H2,30,32,33,34). The van der Waals surface area contributed by atoms with Gasteiger partial charge in [-0.25, -0.2) is 9.37 Å². The summed E-state index contributed by atoms with van der Waals surface area (Å²) in [5.74, 6) is 1.93. The van der Waals surface area contributed by atoms with E-state index in [1.807, 2.05) is 31.2 Å². The number of piperidine rings is 1. The second-order valence-corrected chi connectivity index (χ2v) is 9.01. The zero-order valence-corrected chi connectivity index (χ0v) is 21.3. The zero-order chi connectivity index (χ0) is 26.2. The molecule has 4 rings (SSSR count). The molecule has 0 saturated carbocycles. The van der Waals surface area contributed by atoms with Gasteiger partial charge in [-0.05, 0) is 80.7 Å². The Morgan fingerprint density at radius 2 is 1.97 bits per heavy atom. The number of aryl methyl sites for hydroxylation is 1. The maximum Gasteiger partial charge on any atom is 0.247 e. The van der Waals surface area contributed by atoms with Gasteiger partial charge in [0.05, 0.1) is 12.8 Å². The molecule has 3 N–H and O–H groups in total. The Kier molecular flexibility index (Phi) is 8.68. The van der Waals surface area contributed by atoms with Gasteiger partial charge in [-0.15, -0.1) is 0 Å². The van der Waals surface area contributed by atoms with E-state index in [0.717, 1.165) is 42.9 Å². The molecule has 0 bridgehead atoms. The van der Waals surface area contributed by atoms with E-state index in [2.05, 4.69) is 49.5 Å². The molecule has 1 aliphatic rings. The van der Waals surface area contributed by atoms with Crippen molar-refractivity contribution in [2.75, 3.05) is 49.4 Å². The number of benzene rings is 2. The Balaban J connectivity index is 1.47. The van der Waals surface area contributed by atoms with Crippen LogP contribution < -0.4 is 20.7 Å². The number of aromatic nitrogens is 2. The topological polar surface area (TPSA) is 91.4 Å². The van der Waals surface area contributed by atoms with Crippen molar-refractivity contribution < 1.29 is 13.9 Å². The molecule has 0 unspecified atom stereocenters. The molecule has 1 fully saturated rings. The number of carbonyl (C=O) groups is 1. The van der Waals surface area contributed by atoms with Crippen LogP contribution in [0.3, 0.4) is 0 Å². The van der Waals surface area contributed by atoms with Crippen molar-refractivity contribution in [3.8, 4) is 5.75 Å². The molecule has 37 heavy (non-hydrogen) atoms. The average molecular weight is 505 g/mol. The summed E-state index contributed by atoms with van der Waals surface area (Å²) in [5, 5.41) is 9.32. The van der Waals surface area contributed by atoms with Crippen LogP contribution in [0.1, 0.15) is 29.9 Å². The summed E-state index contributed by atoms with van der Waals surface area (Å²) >= 11 is 0. The summed E-state index contributed by atoms with van der Waals surface area (Å²) in [4.78, 5) is 22.9. The second-order valence-electron chi connectivity index (χ2n) is 9.01. The molecule has 1 saturated heterocycles. The summed E-state index contributed by atoms with van der Waals surface area (Å²) in [7, 11) is 1.65. The number of anilines is 5. The molecule has 1 amide bonds. The van der Waals surface area contributed by atoms with Crippen molar-refractivity contribution in [2.24, 2.45) is 0 Å². The Morgan fingerprint density at radius 1 is 1.19 bits per heavy atom. The van der Waals surface area contributed by atoms with E-state index in [-0.39, 0.29) is 12.6 Å². The van der Waals surface area contributed by atoms with Gasteiger partial charge < -0.3 is 25.6 Å². The van der Waals surface area contributed by atoms with Gasteiger partial charge in [0.2, 0.25) is 11.9 Å². The minimum Gasteiger partial charge on any atom is -0.495 e. The third kappa shape index (κ3) is 6.83. The highest BCUT2D eigenvalue weighted by Crippen LogP contribution is 2.35. The van der Waals surface area contributed by atoms with Crippen LogP contribution in [-0.2, 0) is 4.79 Å². The Hall–Kier alpha value is -3.98. The van der Waals surface area contributed by atoms with E-state index in [9.17, 15) is 9.18 Å². The molecular formula is C28H33FN6O2. The van der Waals surface area contributed by atoms with Crippen LogP contribution in [0, 0.1) is 6.92 Å². The van der Waals surface area contributed by atoms with Crippen molar-refractivity contribution in [3.63, 3.8) is 0 Å². The lowest BCUT2D eigenvalue weighted by molar-refractivity contribution is -0.111. The molecule has 0 radical (unpaired) electrons. The van der Waals surface area contributed by atoms with Crippen LogP contribution in [0.5, 0.6) is 5.75 Å². The molecule has 9 heteroatoms. The summed E-state index contributed by atoms with van der Waals surface area (Å²) in [6.45, 7) is 7.44. The molecule has 2 aromatic carbocycles. The monoisotopic (exact) mass is 504 g/mol. The van der Waals surface area contributed by atoms with Crippen molar-refractivity contribution in [1.82, 2.24) is 14.9 Å². The van der Waals surface area contributed by atoms with Gasteiger partial charge in [0.1, 0.15) is 18.2 Å². The van der Waals surface area contributed by atoms with Gasteiger partial charge in [-0.1, -0.05) is 18.7 Å². The number of halogens is 1. The molecule has 0 spiro atoms. The first-order valence-electron chi connectivity index (χ1n) is 12.4. The molecule has 194 valence electrons. The Bertz CT molecular complexity index is 1240. The molecule has 0 aliphatic carbocycles. The lowest BCUT2D eigenvalue weighted by atomic mass is 9.89. The van der Waals surface area contributed by atoms with Gasteiger partial charge >= 0.3 is 0 Å². The van der Waals surface area contributed by atoms with Crippen molar-refractivity contribution in [1.29, 1.82) is 0 Å². The summed E-state index contributed by atoms with van der Waals surface area (Å²) in [5.41, 5.74) is 4.28. The van der Waals surface area contributed by atoms with E-state index >= 15 is 0 Å². The maximum absolute atomic E-state index is 12.6. The SMILES string of the molecule is C=CC(=O)Nc1cccc(Nc2nc(Nc3ccc(C4CCN(CCF)CC4)cc3OC)ncc2C)c1. The number of hydrogen-bond donors (Lipinski definition) is 3. The van der Waals surface area contributed by atoms with Gasteiger partial charge in [-0.3, -0.25) is 4.79 Å². The van der Waals surface area contributed by atoms with Crippen molar-refractivity contribution >= 4 is 34.7 Å². The largest absolute Gasteiger partial charge is 0.495 e. The maximum atomic E-state index is 12.6. The van der Waals surface area contributed by atoms with E-state index < -0.39 is 0 Å². The lowest BCUT2D eigenvalue weighted by Crippen LogP contribution is -2.34. The highest BCUT2D eigenvalue weighted by molar-refractivity contribution is 5.99. The molecule has 0 atom stereocenters. The van der Waals surface area contributed by atoms with Gasteiger partial charge in [0.25, 0.3) is 0 Å². The Morgan fingerprint density at radius 3 is 2.70 bits per heavy atom. The molecule has 1 aromatic heterocycles. The molecule has 2 heterocycles. The number of nitrogens with zero attached hydrogens (tertiary/aromatic N) is 3. The number of nitrogens with one attached hydrogen (secondary N) is 3. The number of alkyl halides is 1. The summed E-state index contributed by atoms with van der Waals surface area (Å²) < 4.78 is 18.3. The molecular weight excluding hydrogens is 471 g/mol. The van der Waals surface area contributed by atoms with Gasteiger partial charge in [0, 0.05) is 29.7 Å². The fourth-order valence-corrected chi connectivity index (χ4v) is 4.43. The zero-order valence-electron chi connectivity index (χ0n) is 21.3. The highest BCUT2D eigenvalue weighted by Gasteiger charge is 2.21. The fraction of sp³-hybridized carbons (Fsp3) is 0.321. The number of hydrogen-bond acceptors (Lipinski definition) is 7. The van der Waals surface area contributed by atoms with Gasteiger partial charge in [-0.2, -0.15) is 4.98 Å². The second kappa shape index (κ2) is 12.3. The predicted molar refractivity (Wildman–Crippen MR) is 146 cm³/mol. The third-order valence-corrected chi connectivity index (χ3v) is 6.48. The van der Waals surface area contributed by atoms with Crippen molar-refractivity contribution in [3.05, 3.63) is 72.4 Å². The van der Waals surface area contributed by atoms with Crippen LogP contribution in [0.25, 0.3) is 0 Å². The number of carbonyl (C=O) groups excluding carboxylic acids is 1. The average Bonchev–Trinajstić information content (AvgIpc) is 2.91. The summed E-state index contributed by atoms with van der Waals surface area (Å²) in [6.07, 6.45) is 4.98. The van der Waals surface area contributed by atoms with Crippen LogP contribution >= 0.6 is 0 Å². The predicted octanol–water partition coefficient (Wildman–Crippen LogP) is 5.55. The minimum absolute atomic E-state index is 0.274. The molecule has 1 aliphatic heterocycles. The number of likely N-dealkylation sites (tertiary alicyclic amines) is 1. The molecule has 3 aromatic rings. The minimum atomic E-state index is -0.294. The number of amides is 1. The first-order chi connectivity index (χ1) is 18.0. The highest BCUT2D eigenvalue weighted by atomic mass is 19.1. The van der Waals surface area contributed by atoms with Crippen LogP contribution in [0.15, 0.2) is 61.3 Å². The third-order valence-electron chi connectivity index (χ3n) is 6.48. The first kappa shape index (κ1) is 26.1. The van der Waals surface area contributed by atoms with Gasteiger partial charge in [0.15, 0.2) is 0 Å². The van der Waals surface area contributed by atoms with Crippen molar-refractivity contribution in [2.45, 2.75) is 25.7 Å². The van der Waals surface area contributed by atoms with E-state index in [1.165, 1.54) is 11.6 Å². The quantitative estimate of drug-likeness (QED) is 0.312. The van der Waals surface area contributed by atoms with Crippen LogP contribution in [-0.4, -0.2) is 54.2 Å². The smallest absolute Gasteiger partial charge is 0.247 e. The van der Waals surface area contributed by atoms with Crippen LogP contribution in [0.2, 0.25) is 0 Å². The number of methoxy groups -OCH3 is 1. The molecule has 8 nitrogen and oxygen atoms in total. The van der Waals surface area contributed by atoms with E-state index in [0.29, 0.717) is 35.7 Å². The number of ether oxygens (including phenoxy) is 1. The van der Waals surface area contributed by atoms with Crippen LogP contribution in [0.4, 0.5) is 33.2 Å². The lowest BCUT2D eigenvalue weighted by Gasteiger charge is -2.31. The number of rotatable bonds is 10. The van der Waals surface area contributed by atoms with E-state index in [1.54, 1.807) is 19.4 Å². The first-order valence-corrected chi connectivity index (χ1v) is 12.4. The normalized spacial score (nSPS) is 14.1. The Labute approximate surface area is 217 Å². The van der Waals surface area contributed by atoms with E-state index in [4.69, 9.17) is 4.74 Å². The fourth-order valence-electron chi connectivity index (χ4n) is 4.43.